The largest absolute Gasteiger partial charge is 0.320 e. The lowest BCUT2D eigenvalue weighted by Crippen LogP contribution is -2.57. The van der Waals surface area contributed by atoms with Crippen molar-refractivity contribution in [2.45, 2.75) is 91.5 Å². The zero-order valence-corrected chi connectivity index (χ0v) is 14.5. The number of hydrogen-bond donors (Lipinski definition) is 0. The van der Waals surface area contributed by atoms with E-state index in [1.807, 2.05) is 0 Å². The predicted molar refractivity (Wildman–Crippen MR) is 88.5 cm³/mol. The van der Waals surface area contributed by atoms with Crippen LogP contribution in [0.25, 0.3) is 0 Å². The van der Waals surface area contributed by atoms with Crippen LogP contribution in [0.2, 0.25) is 0 Å². The molecule has 0 aliphatic rings. The minimum atomic E-state index is 0.564. The smallest absolute Gasteiger partial charge is 0.102 e. The summed E-state index contributed by atoms with van der Waals surface area (Å²) in [7, 11) is 0. The number of quaternary nitrogens is 1. The summed E-state index contributed by atoms with van der Waals surface area (Å²) in [6.45, 7) is 13.0. The van der Waals surface area contributed by atoms with Gasteiger partial charge in [-0.2, -0.15) is 5.26 Å². The molecular weight excluding hydrogens is 244 g/mol. The van der Waals surface area contributed by atoms with Gasteiger partial charge in [-0.3, -0.25) is 0 Å². The van der Waals surface area contributed by atoms with Crippen LogP contribution in [-0.2, 0) is 0 Å². The summed E-state index contributed by atoms with van der Waals surface area (Å²) >= 11 is 0. The van der Waals surface area contributed by atoms with Crippen molar-refractivity contribution in [3.63, 3.8) is 0 Å². The van der Waals surface area contributed by atoms with Crippen molar-refractivity contribution in [2.75, 3.05) is 19.6 Å². The van der Waals surface area contributed by atoms with E-state index in [-0.39, 0.29) is 0 Å². The van der Waals surface area contributed by atoms with E-state index in [1.165, 1.54) is 75.5 Å². The van der Waals surface area contributed by atoms with E-state index in [1.54, 1.807) is 0 Å². The number of hydrogen-bond acceptors (Lipinski definition) is 1. The summed E-state index contributed by atoms with van der Waals surface area (Å²) in [4.78, 5) is 0. The zero-order valence-electron chi connectivity index (χ0n) is 14.5. The third kappa shape index (κ3) is 6.75. The quantitative estimate of drug-likeness (QED) is 0.421. The number of unbranched alkanes of at least 4 members (excludes halogenated alkanes) is 3. The topological polar surface area (TPSA) is 23.8 Å². The number of nitrogens with zero attached hydrogens (tertiary/aromatic N) is 2. The van der Waals surface area contributed by atoms with E-state index in [0.717, 1.165) is 6.42 Å². The molecule has 0 radical (unpaired) electrons. The van der Waals surface area contributed by atoms with E-state index in [9.17, 15) is 5.26 Å². The normalized spacial score (nSPS) is 13.2. The van der Waals surface area contributed by atoms with E-state index < -0.39 is 0 Å². The predicted octanol–water partition coefficient (Wildman–Crippen LogP) is 5.29. The molecule has 0 amide bonds. The highest BCUT2D eigenvalue weighted by molar-refractivity contribution is 4.77. The maximum atomic E-state index is 9.24. The minimum absolute atomic E-state index is 0.564. The highest BCUT2D eigenvalue weighted by Gasteiger charge is 2.34. The van der Waals surface area contributed by atoms with Crippen LogP contribution in [0.5, 0.6) is 0 Å². The fraction of sp³-hybridized carbons (Fsp3) is 0.944. The number of nitriles is 1. The van der Waals surface area contributed by atoms with Gasteiger partial charge in [0.25, 0.3) is 0 Å². The van der Waals surface area contributed by atoms with Gasteiger partial charge in [-0.25, -0.2) is 0 Å². The van der Waals surface area contributed by atoms with Crippen LogP contribution in [0.15, 0.2) is 0 Å². The van der Waals surface area contributed by atoms with Crippen LogP contribution in [0.1, 0.15) is 85.5 Å². The first-order chi connectivity index (χ1) is 9.70. The monoisotopic (exact) mass is 281 g/mol. The fourth-order valence-corrected chi connectivity index (χ4v) is 3.31. The molecule has 2 heteroatoms. The van der Waals surface area contributed by atoms with Crippen molar-refractivity contribution in [3.8, 4) is 6.07 Å². The Morgan fingerprint density at radius 1 is 0.800 bits per heavy atom. The van der Waals surface area contributed by atoms with Gasteiger partial charge in [0.2, 0.25) is 0 Å². The third-order valence-electron chi connectivity index (χ3n) is 4.59. The Balaban J connectivity index is 5.10. The minimum Gasteiger partial charge on any atom is -0.320 e. The van der Waals surface area contributed by atoms with Crippen molar-refractivity contribution < 1.29 is 4.48 Å². The lowest BCUT2D eigenvalue weighted by molar-refractivity contribution is -0.952. The Hall–Kier alpha value is -0.550. The molecule has 20 heavy (non-hydrogen) atoms. The summed E-state index contributed by atoms with van der Waals surface area (Å²) in [6.07, 6.45) is 10.9. The molecule has 0 saturated carbocycles. The highest BCUT2D eigenvalue weighted by atomic mass is 15.4. The van der Waals surface area contributed by atoms with Gasteiger partial charge in [0.1, 0.15) is 6.04 Å². The van der Waals surface area contributed by atoms with Crippen molar-refractivity contribution in [2.24, 2.45) is 0 Å². The molecule has 0 fully saturated rings. The van der Waals surface area contributed by atoms with Crippen LogP contribution in [0, 0.1) is 11.3 Å². The fourth-order valence-electron chi connectivity index (χ4n) is 3.31. The van der Waals surface area contributed by atoms with Crippen molar-refractivity contribution in [3.05, 3.63) is 0 Å². The van der Waals surface area contributed by atoms with Crippen molar-refractivity contribution >= 4 is 0 Å². The van der Waals surface area contributed by atoms with Gasteiger partial charge < -0.3 is 4.48 Å². The van der Waals surface area contributed by atoms with Crippen molar-refractivity contribution in [1.82, 2.24) is 0 Å². The second kappa shape index (κ2) is 12.2. The molecule has 0 N–H and O–H groups in total. The molecule has 118 valence electrons. The van der Waals surface area contributed by atoms with Crippen molar-refractivity contribution in [1.29, 1.82) is 5.26 Å². The summed E-state index contributed by atoms with van der Waals surface area (Å²) in [5.74, 6) is 0. The second-order valence-corrected chi connectivity index (χ2v) is 6.25. The molecule has 2 nitrogen and oxygen atoms in total. The molecule has 1 unspecified atom stereocenters. The summed E-state index contributed by atoms with van der Waals surface area (Å²) in [5, 5.41) is 9.24. The Morgan fingerprint density at radius 2 is 1.25 bits per heavy atom. The van der Waals surface area contributed by atoms with E-state index in [0.29, 0.717) is 6.04 Å². The summed E-state index contributed by atoms with van der Waals surface area (Å²) in [5.41, 5.74) is 0. The van der Waals surface area contributed by atoms with Crippen LogP contribution < -0.4 is 0 Å². The van der Waals surface area contributed by atoms with Gasteiger partial charge in [0.15, 0.2) is 0 Å². The van der Waals surface area contributed by atoms with Gasteiger partial charge in [-0.15, -0.1) is 0 Å². The first-order valence-corrected chi connectivity index (χ1v) is 8.93. The molecule has 0 saturated heterocycles. The molecule has 0 heterocycles. The third-order valence-corrected chi connectivity index (χ3v) is 4.59. The van der Waals surface area contributed by atoms with Gasteiger partial charge >= 0.3 is 0 Å². The maximum Gasteiger partial charge on any atom is 0.102 e. The first-order valence-electron chi connectivity index (χ1n) is 8.93. The molecule has 0 rings (SSSR count). The van der Waals surface area contributed by atoms with Crippen LogP contribution in [0.3, 0.4) is 0 Å². The lowest BCUT2D eigenvalue weighted by Gasteiger charge is -2.45. The molecule has 0 aromatic heterocycles. The first kappa shape index (κ1) is 19.4. The van der Waals surface area contributed by atoms with E-state index in [4.69, 9.17) is 0 Å². The molecule has 0 spiro atoms. The molecule has 0 bridgehead atoms. The number of rotatable bonds is 13. The van der Waals surface area contributed by atoms with Gasteiger partial charge in [-0.1, -0.05) is 53.4 Å². The average molecular weight is 282 g/mol. The molecular formula is C18H37N2+. The average Bonchev–Trinajstić information content (AvgIpc) is 2.47. The van der Waals surface area contributed by atoms with Crippen LogP contribution >= 0.6 is 0 Å². The highest BCUT2D eigenvalue weighted by Crippen LogP contribution is 2.25. The van der Waals surface area contributed by atoms with Gasteiger partial charge in [-0.05, 0) is 19.3 Å². The summed E-state index contributed by atoms with van der Waals surface area (Å²) < 4.78 is 1.22. The van der Waals surface area contributed by atoms with Gasteiger partial charge in [0.05, 0.1) is 32.1 Å². The Kier molecular flexibility index (Phi) is 11.9. The Labute approximate surface area is 127 Å². The molecule has 0 aromatic carbocycles. The van der Waals surface area contributed by atoms with E-state index >= 15 is 0 Å². The van der Waals surface area contributed by atoms with Gasteiger partial charge in [0, 0.05) is 6.42 Å². The Bertz CT molecular complexity index is 233. The molecule has 1 atom stereocenters. The summed E-state index contributed by atoms with van der Waals surface area (Å²) in [6, 6.07) is 3.04. The zero-order chi connectivity index (χ0) is 15.3. The standard InChI is InChI=1S/C18H37N2/c1-5-9-15-20(16-10-6-2,17-11-7-3)18(12-8-4)13-14-19/h18H,5-13,15-17H2,1-4H3/q+1. The van der Waals surface area contributed by atoms with E-state index in [2.05, 4.69) is 33.8 Å². The molecule has 0 aliphatic carbocycles. The lowest BCUT2D eigenvalue weighted by atomic mass is 10.00. The van der Waals surface area contributed by atoms with Crippen LogP contribution in [-0.4, -0.2) is 30.2 Å². The molecule has 0 aliphatic heterocycles. The molecule has 0 aromatic rings. The van der Waals surface area contributed by atoms with Crippen LogP contribution in [0.4, 0.5) is 0 Å². The second-order valence-electron chi connectivity index (χ2n) is 6.25. The Morgan fingerprint density at radius 3 is 1.55 bits per heavy atom. The maximum absolute atomic E-state index is 9.24. The SMILES string of the molecule is CCCC[N+](CCCC)(CCCC)C(CC#N)CCC.